The first-order valence-corrected chi connectivity index (χ1v) is 6.64. The van der Waals surface area contributed by atoms with Crippen molar-refractivity contribution in [1.82, 2.24) is 0 Å². The van der Waals surface area contributed by atoms with Gasteiger partial charge in [0.25, 0.3) is 0 Å². The summed E-state index contributed by atoms with van der Waals surface area (Å²) in [4.78, 5) is 0. The summed E-state index contributed by atoms with van der Waals surface area (Å²) in [6.45, 7) is 4.68. The Kier molecular flexibility index (Phi) is 3.92. The largest absolute Gasteiger partial charge is 0.508 e. The van der Waals surface area contributed by atoms with Crippen LogP contribution in [0.3, 0.4) is 0 Å². The zero-order valence-electron chi connectivity index (χ0n) is 10.5. The van der Waals surface area contributed by atoms with Gasteiger partial charge in [0.05, 0.1) is 0 Å². The maximum absolute atomic E-state index is 9.64. The summed E-state index contributed by atoms with van der Waals surface area (Å²) in [5.74, 6) is 0.322. The Balaban J connectivity index is 2.09. The number of hydrogen-bond acceptors (Lipinski definition) is 2. The Morgan fingerprint density at radius 1 is 1.11 bits per heavy atom. The maximum atomic E-state index is 9.64. The highest BCUT2D eigenvalue weighted by Crippen LogP contribution is 2.23. The second-order valence-electron chi connectivity index (χ2n) is 4.45. The lowest BCUT2D eigenvalue weighted by atomic mass is 10.1. The van der Waals surface area contributed by atoms with Gasteiger partial charge in [0.2, 0.25) is 0 Å². The molecule has 2 aromatic carbocycles. The molecule has 0 saturated heterocycles. The van der Waals surface area contributed by atoms with Crippen LogP contribution in [0.1, 0.15) is 16.7 Å². The number of nitrogens with one attached hydrogen (secondary N) is 1. The number of phenols is 1. The van der Waals surface area contributed by atoms with Gasteiger partial charge in [0, 0.05) is 22.8 Å². The molecule has 2 aromatic rings. The minimum absolute atomic E-state index is 0.322. The molecule has 0 atom stereocenters. The minimum atomic E-state index is 0.322. The van der Waals surface area contributed by atoms with Gasteiger partial charge in [-0.05, 0) is 42.7 Å². The van der Waals surface area contributed by atoms with Crippen molar-refractivity contribution < 1.29 is 5.11 Å². The van der Waals surface area contributed by atoms with Crippen LogP contribution in [0.25, 0.3) is 0 Å². The van der Waals surface area contributed by atoms with Crippen molar-refractivity contribution in [2.24, 2.45) is 0 Å². The molecule has 0 unspecified atom stereocenters. The molecule has 2 rings (SSSR count). The molecule has 0 radical (unpaired) electrons. The highest BCUT2D eigenvalue weighted by atomic mass is 79.9. The average molecular weight is 306 g/mol. The Morgan fingerprint density at radius 2 is 1.89 bits per heavy atom. The number of benzene rings is 2. The number of rotatable bonds is 3. The van der Waals surface area contributed by atoms with E-state index in [0.29, 0.717) is 5.75 Å². The first-order valence-electron chi connectivity index (χ1n) is 5.85. The summed E-state index contributed by atoms with van der Waals surface area (Å²) < 4.78 is 1.10. The van der Waals surface area contributed by atoms with E-state index < -0.39 is 0 Å². The molecule has 0 aliphatic rings. The van der Waals surface area contributed by atoms with E-state index in [-0.39, 0.29) is 0 Å². The van der Waals surface area contributed by atoms with Crippen molar-refractivity contribution in [3.63, 3.8) is 0 Å². The summed E-state index contributed by atoms with van der Waals surface area (Å²) in [5.41, 5.74) is 4.24. The van der Waals surface area contributed by atoms with E-state index in [1.165, 1.54) is 11.1 Å². The summed E-state index contributed by atoms with van der Waals surface area (Å²) >= 11 is 3.56. The lowest BCUT2D eigenvalue weighted by molar-refractivity contribution is 0.471. The fraction of sp³-hybridized carbons (Fsp3) is 0.200. The lowest BCUT2D eigenvalue weighted by Crippen LogP contribution is -2.00. The molecule has 0 amide bonds. The Labute approximate surface area is 116 Å². The number of aryl methyl sites for hydroxylation is 2. The predicted molar refractivity (Wildman–Crippen MR) is 79.0 cm³/mol. The summed E-state index contributed by atoms with van der Waals surface area (Å²) in [6, 6.07) is 11.9. The monoisotopic (exact) mass is 305 g/mol. The summed E-state index contributed by atoms with van der Waals surface area (Å²) in [7, 11) is 0. The number of hydrogen-bond donors (Lipinski definition) is 2. The molecule has 0 fully saturated rings. The second kappa shape index (κ2) is 5.44. The van der Waals surface area contributed by atoms with Crippen LogP contribution in [0.5, 0.6) is 5.75 Å². The van der Waals surface area contributed by atoms with Crippen molar-refractivity contribution >= 4 is 21.6 Å². The van der Waals surface area contributed by atoms with Crippen LogP contribution in [-0.2, 0) is 6.54 Å². The fourth-order valence-electron chi connectivity index (χ4n) is 1.71. The highest BCUT2D eigenvalue weighted by Gasteiger charge is 2.01. The average Bonchev–Trinajstić information content (AvgIpc) is 2.32. The van der Waals surface area contributed by atoms with Gasteiger partial charge in [-0.15, -0.1) is 0 Å². The van der Waals surface area contributed by atoms with Crippen LogP contribution >= 0.6 is 15.9 Å². The third-order valence-electron chi connectivity index (χ3n) is 2.90. The van der Waals surface area contributed by atoms with Crippen LogP contribution < -0.4 is 5.32 Å². The van der Waals surface area contributed by atoms with Crippen LogP contribution in [-0.4, -0.2) is 5.11 Å². The SMILES string of the molecule is Cc1ccc(CNc2ccc(C)c(O)c2)c(Br)c1. The van der Waals surface area contributed by atoms with Crippen molar-refractivity contribution in [3.8, 4) is 5.75 Å². The number of halogens is 1. The van der Waals surface area contributed by atoms with Gasteiger partial charge in [0.15, 0.2) is 0 Å². The van der Waals surface area contributed by atoms with Gasteiger partial charge in [0.1, 0.15) is 5.75 Å². The van der Waals surface area contributed by atoms with Crippen LogP contribution in [0.15, 0.2) is 40.9 Å². The molecule has 3 heteroatoms. The van der Waals surface area contributed by atoms with E-state index in [4.69, 9.17) is 0 Å². The van der Waals surface area contributed by atoms with Gasteiger partial charge < -0.3 is 10.4 Å². The van der Waals surface area contributed by atoms with Crippen LogP contribution in [0.2, 0.25) is 0 Å². The molecular formula is C15H16BrNO. The van der Waals surface area contributed by atoms with Crippen molar-refractivity contribution in [2.45, 2.75) is 20.4 Å². The zero-order valence-corrected chi connectivity index (χ0v) is 12.1. The van der Waals surface area contributed by atoms with E-state index in [1.54, 1.807) is 6.07 Å². The Morgan fingerprint density at radius 3 is 2.56 bits per heavy atom. The Hall–Kier alpha value is -1.48. The van der Waals surface area contributed by atoms with Gasteiger partial charge in [-0.1, -0.05) is 34.1 Å². The molecule has 0 aliphatic heterocycles. The summed E-state index contributed by atoms with van der Waals surface area (Å²) in [5, 5.41) is 12.9. The zero-order chi connectivity index (χ0) is 13.1. The van der Waals surface area contributed by atoms with Gasteiger partial charge in [-0.3, -0.25) is 0 Å². The molecular weight excluding hydrogens is 290 g/mol. The second-order valence-corrected chi connectivity index (χ2v) is 5.30. The highest BCUT2D eigenvalue weighted by molar-refractivity contribution is 9.10. The smallest absolute Gasteiger partial charge is 0.120 e. The first kappa shape index (κ1) is 13.0. The fourth-order valence-corrected chi connectivity index (χ4v) is 2.35. The molecule has 0 saturated carbocycles. The van der Waals surface area contributed by atoms with E-state index in [0.717, 1.165) is 22.3 Å². The number of anilines is 1. The third kappa shape index (κ3) is 3.05. The molecule has 0 aromatic heterocycles. The van der Waals surface area contributed by atoms with Gasteiger partial charge >= 0.3 is 0 Å². The van der Waals surface area contributed by atoms with E-state index in [9.17, 15) is 5.11 Å². The standard InChI is InChI=1S/C15H16BrNO/c1-10-3-5-12(14(16)7-10)9-17-13-6-4-11(2)15(18)8-13/h3-8,17-18H,9H2,1-2H3. The molecule has 94 valence electrons. The molecule has 0 spiro atoms. The lowest BCUT2D eigenvalue weighted by Gasteiger charge is -2.10. The maximum Gasteiger partial charge on any atom is 0.120 e. The first-order chi connectivity index (χ1) is 8.56. The molecule has 18 heavy (non-hydrogen) atoms. The van der Waals surface area contributed by atoms with Crippen molar-refractivity contribution in [1.29, 1.82) is 0 Å². The number of phenolic OH excluding ortho intramolecular Hbond substituents is 1. The number of aromatic hydroxyl groups is 1. The molecule has 0 bridgehead atoms. The molecule has 2 N–H and O–H groups in total. The van der Waals surface area contributed by atoms with Crippen molar-refractivity contribution in [2.75, 3.05) is 5.32 Å². The van der Waals surface area contributed by atoms with Crippen LogP contribution in [0.4, 0.5) is 5.69 Å². The van der Waals surface area contributed by atoms with Gasteiger partial charge in [-0.2, -0.15) is 0 Å². The molecule has 0 heterocycles. The Bertz CT molecular complexity index is 566. The molecule has 0 aliphatic carbocycles. The normalized spacial score (nSPS) is 10.4. The molecule has 2 nitrogen and oxygen atoms in total. The van der Waals surface area contributed by atoms with E-state index >= 15 is 0 Å². The topological polar surface area (TPSA) is 32.3 Å². The third-order valence-corrected chi connectivity index (χ3v) is 3.64. The summed E-state index contributed by atoms with van der Waals surface area (Å²) in [6.07, 6.45) is 0. The van der Waals surface area contributed by atoms with Crippen LogP contribution in [0, 0.1) is 13.8 Å². The van der Waals surface area contributed by atoms with Crippen molar-refractivity contribution in [3.05, 3.63) is 57.6 Å². The predicted octanol–water partition coefficient (Wildman–Crippen LogP) is 4.38. The van der Waals surface area contributed by atoms with Gasteiger partial charge in [-0.25, -0.2) is 0 Å². The minimum Gasteiger partial charge on any atom is -0.508 e. The van der Waals surface area contributed by atoms with E-state index in [1.807, 2.05) is 19.1 Å². The van der Waals surface area contributed by atoms with E-state index in [2.05, 4.69) is 46.4 Å². The quantitative estimate of drug-likeness (QED) is 0.882.